The summed E-state index contributed by atoms with van der Waals surface area (Å²) in [5, 5.41) is 8.88. The number of nitrogen functional groups attached to an aromatic ring is 1. The Bertz CT molecular complexity index is 489. The molecule has 3 N–H and O–H groups in total. The van der Waals surface area contributed by atoms with E-state index in [9.17, 15) is 4.79 Å². The van der Waals surface area contributed by atoms with Gasteiger partial charge in [0, 0.05) is 5.56 Å². The van der Waals surface area contributed by atoms with Gasteiger partial charge in [-0.3, -0.25) is 0 Å². The summed E-state index contributed by atoms with van der Waals surface area (Å²) in [6.07, 6.45) is 1.52. The molecule has 0 aliphatic carbocycles. The van der Waals surface area contributed by atoms with Crippen molar-refractivity contribution >= 4 is 11.7 Å². The summed E-state index contributed by atoms with van der Waals surface area (Å²) >= 11 is 0. The van der Waals surface area contributed by atoms with Crippen LogP contribution < -0.4 is 5.73 Å². The average Bonchev–Trinajstić information content (AvgIpc) is 2.70. The number of hydrogen-bond acceptors (Lipinski definition) is 3. The fraction of sp³-hybridized carbons (Fsp3) is 0. The Balaban J connectivity index is 2.59. The molecule has 1 heterocycles. The van der Waals surface area contributed by atoms with E-state index in [0.29, 0.717) is 11.3 Å². The summed E-state index contributed by atoms with van der Waals surface area (Å²) in [5.41, 5.74) is 6.64. The molecule has 0 unspecified atom stereocenters. The van der Waals surface area contributed by atoms with Gasteiger partial charge in [0.25, 0.3) is 0 Å². The van der Waals surface area contributed by atoms with E-state index in [-0.39, 0.29) is 11.3 Å². The van der Waals surface area contributed by atoms with E-state index in [2.05, 4.69) is 0 Å². The average molecular weight is 203 g/mol. The normalized spacial score (nSPS) is 10.1. The van der Waals surface area contributed by atoms with Gasteiger partial charge in [0.15, 0.2) is 0 Å². The lowest BCUT2D eigenvalue weighted by Crippen LogP contribution is -2.03. The van der Waals surface area contributed by atoms with Crippen molar-refractivity contribution in [2.75, 3.05) is 5.73 Å². The molecule has 0 amide bonds. The maximum absolute atomic E-state index is 10.8. The van der Waals surface area contributed by atoms with Crippen molar-refractivity contribution in [2.45, 2.75) is 0 Å². The quantitative estimate of drug-likeness (QED) is 0.733. The van der Waals surface area contributed by atoms with Crippen LogP contribution in [-0.2, 0) is 0 Å². The summed E-state index contributed by atoms with van der Waals surface area (Å²) in [6, 6.07) is 8.28. The van der Waals surface area contributed by atoms with E-state index in [1.54, 1.807) is 24.3 Å². The van der Waals surface area contributed by atoms with Crippen molar-refractivity contribution in [3.8, 4) is 11.3 Å². The van der Waals surface area contributed by atoms with Crippen molar-refractivity contribution in [3.63, 3.8) is 0 Å². The van der Waals surface area contributed by atoms with Crippen molar-refractivity contribution in [2.24, 2.45) is 0 Å². The minimum absolute atomic E-state index is 0.0869. The lowest BCUT2D eigenvalue weighted by atomic mass is 10.1. The maximum Gasteiger partial charge on any atom is 0.337 e. The second-order valence-electron chi connectivity index (χ2n) is 3.05. The van der Waals surface area contributed by atoms with Crippen LogP contribution in [0, 0.1) is 0 Å². The lowest BCUT2D eigenvalue weighted by molar-refractivity contribution is 0.0698. The largest absolute Gasteiger partial charge is 0.478 e. The number of furan rings is 1. The molecule has 4 nitrogen and oxygen atoms in total. The van der Waals surface area contributed by atoms with Gasteiger partial charge in [-0.2, -0.15) is 0 Å². The van der Waals surface area contributed by atoms with Crippen LogP contribution in [0.25, 0.3) is 11.3 Å². The molecule has 4 heteroatoms. The van der Waals surface area contributed by atoms with E-state index in [4.69, 9.17) is 15.3 Å². The Morgan fingerprint density at radius 3 is 2.67 bits per heavy atom. The summed E-state index contributed by atoms with van der Waals surface area (Å²) in [5.74, 6) is -0.475. The summed E-state index contributed by atoms with van der Waals surface area (Å²) in [6.45, 7) is 0. The van der Waals surface area contributed by atoms with Crippen LogP contribution in [0.5, 0.6) is 0 Å². The molecule has 0 atom stereocenters. The molecule has 0 bridgehead atoms. The molecule has 2 aromatic rings. The first-order chi connectivity index (χ1) is 7.20. The molecule has 0 saturated heterocycles. The third-order valence-corrected chi connectivity index (χ3v) is 2.12. The minimum Gasteiger partial charge on any atom is -0.478 e. The zero-order valence-corrected chi connectivity index (χ0v) is 7.81. The summed E-state index contributed by atoms with van der Waals surface area (Å²) in [7, 11) is 0. The predicted molar refractivity (Wildman–Crippen MR) is 55.5 cm³/mol. The Hall–Kier alpha value is -2.23. The van der Waals surface area contributed by atoms with E-state index in [1.807, 2.05) is 0 Å². The van der Waals surface area contributed by atoms with E-state index >= 15 is 0 Å². The molecule has 1 aromatic carbocycles. The minimum atomic E-state index is -1.04. The molecule has 0 spiro atoms. The number of carboxylic acid groups (broad SMARTS) is 1. The number of nitrogens with two attached hydrogens (primary N) is 1. The number of carboxylic acids is 1. The number of benzene rings is 1. The van der Waals surface area contributed by atoms with Gasteiger partial charge in [0.2, 0.25) is 0 Å². The smallest absolute Gasteiger partial charge is 0.337 e. The first-order valence-electron chi connectivity index (χ1n) is 4.36. The molecule has 1 aromatic heterocycles. The fourth-order valence-electron chi connectivity index (χ4n) is 1.40. The molecule has 15 heavy (non-hydrogen) atoms. The number of rotatable bonds is 2. The van der Waals surface area contributed by atoms with Gasteiger partial charge < -0.3 is 15.3 Å². The van der Waals surface area contributed by atoms with Crippen LogP contribution in [0.1, 0.15) is 10.4 Å². The molecular weight excluding hydrogens is 194 g/mol. The topological polar surface area (TPSA) is 76.5 Å². The van der Waals surface area contributed by atoms with Crippen molar-refractivity contribution in [3.05, 3.63) is 42.2 Å². The van der Waals surface area contributed by atoms with Crippen molar-refractivity contribution < 1.29 is 14.3 Å². The highest BCUT2D eigenvalue weighted by Gasteiger charge is 2.13. The van der Waals surface area contributed by atoms with Gasteiger partial charge in [0.1, 0.15) is 5.76 Å². The Kier molecular flexibility index (Phi) is 2.17. The standard InChI is InChI=1S/C11H9NO3/c12-10-7(9-5-2-6-15-9)3-1-4-8(10)11(13)14/h1-6H,12H2,(H,13,14). The summed E-state index contributed by atoms with van der Waals surface area (Å²) < 4.78 is 5.16. The third kappa shape index (κ3) is 1.57. The van der Waals surface area contributed by atoms with E-state index in [0.717, 1.165) is 0 Å². The molecule has 76 valence electrons. The molecule has 0 saturated carbocycles. The van der Waals surface area contributed by atoms with Crippen molar-refractivity contribution in [1.82, 2.24) is 0 Å². The van der Waals surface area contributed by atoms with Gasteiger partial charge >= 0.3 is 5.97 Å². The number of carbonyl (C=O) groups is 1. The Morgan fingerprint density at radius 2 is 2.07 bits per heavy atom. The fourth-order valence-corrected chi connectivity index (χ4v) is 1.40. The lowest BCUT2D eigenvalue weighted by Gasteiger charge is -2.05. The predicted octanol–water partition coefficient (Wildman–Crippen LogP) is 2.23. The first kappa shape index (κ1) is 9.33. The molecule has 0 radical (unpaired) electrons. The second kappa shape index (κ2) is 3.49. The van der Waals surface area contributed by atoms with Gasteiger partial charge in [0.05, 0.1) is 17.5 Å². The van der Waals surface area contributed by atoms with Crippen LogP contribution in [0.4, 0.5) is 5.69 Å². The number of aromatic carboxylic acids is 1. The number of anilines is 1. The van der Waals surface area contributed by atoms with Crippen LogP contribution in [0.2, 0.25) is 0 Å². The molecule has 2 rings (SSSR count). The molecule has 0 aliphatic heterocycles. The van der Waals surface area contributed by atoms with Gasteiger partial charge in [-0.15, -0.1) is 0 Å². The second-order valence-corrected chi connectivity index (χ2v) is 3.05. The monoisotopic (exact) mass is 203 g/mol. The van der Waals surface area contributed by atoms with Crippen LogP contribution in [0.15, 0.2) is 41.0 Å². The molecule has 0 aliphatic rings. The van der Waals surface area contributed by atoms with Crippen molar-refractivity contribution in [1.29, 1.82) is 0 Å². The highest BCUT2D eigenvalue weighted by molar-refractivity contribution is 5.97. The molecular formula is C11H9NO3. The number of para-hydroxylation sites is 1. The third-order valence-electron chi connectivity index (χ3n) is 2.12. The van der Waals surface area contributed by atoms with E-state index < -0.39 is 5.97 Å². The zero-order valence-electron chi connectivity index (χ0n) is 7.81. The van der Waals surface area contributed by atoms with Gasteiger partial charge in [-0.1, -0.05) is 6.07 Å². The van der Waals surface area contributed by atoms with E-state index in [1.165, 1.54) is 12.3 Å². The SMILES string of the molecule is Nc1c(C(=O)O)cccc1-c1ccco1. The van der Waals surface area contributed by atoms with Gasteiger partial charge in [-0.05, 0) is 24.3 Å². The highest BCUT2D eigenvalue weighted by atomic mass is 16.4. The van der Waals surface area contributed by atoms with Crippen LogP contribution >= 0.6 is 0 Å². The number of hydrogen-bond donors (Lipinski definition) is 2. The highest BCUT2D eigenvalue weighted by Crippen LogP contribution is 2.28. The molecule has 0 fully saturated rings. The zero-order chi connectivity index (χ0) is 10.8. The Morgan fingerprint density at radius 1 is 1.27 bits per heavy atom. The van der Waals surface area contributed by atoms with Crippen LogP contribution in [0.3, 0.4) is 0 Å². The Labute approximate surface area is 85.9 Å². The van der Waals surface area contributed by atoms with Gasteiger partial charge in [-0.25, -0.2) is 4.79 Å². The first-order valence-corrected chi connectivity index (χ1v) is 4.36. The maximum atomic E-state index is 10.8. The summed E-state index contributed by atoms with van der Waals surface area (Å²) in [4.78, 5) is 10.8. The van der Waals surface area contributed by atoms with Crippen LogP contribution in [-0.4, -0.2) is 11.1 Å².